The number of nitrogens with zero attached hydrogens (tertiary/aromatic N) is 4. The highest BCUT2D eigenvalue weighted by molar-refractivity contribution is 6.15. The van der Waals surface area contributed by atoms with Crippen LogP contribution in [-0.2, 0) is 0 Å². The average Bonchev–Trinajstić information content (AvgIpc) is 3.47. The molecule has 5 aromatic heterocycles. The van der Waals surface area contributed by atoms with Crippen LogP contribution >= 0.6 is 0 Å². The summed E-state index contributed by atoms with van der Waals surface area (Å²) in [4.78, 5) is 17.4. The molecule has 5 heteroatoms. The van der Waals surface area contributed by atoms with Crippen LogP contribution in [-0.4, -0.2) is 24.3 Å². The van der Waals surface area contributed by atoms with Crippen LogP contribution in [0.4, 0.5) is 0 Å². The minimum absolute atomic E-state index is 0.886. The summed E-state index contributed by atoms with van der Waals surface area (Å²) in [5.74, 6) is 0. The summed E-state index contributed by atoms with van der Waals surface area (Å²) in [6.07, 6.45) is 7.46. The summed E-state index contributed by atoms with van der Waals surface area (Å²) in [6.45, 7) is 4.40. The average molecular weight is 464 g/mol. The van der Waals surface area contributed by atoms with Crippen molar-refractivity contribution in [3.8, 4) is 11.1 Å². The Morgan fingerprint density at radius 3 is 2.33 bits per heavy atom. The number of aromatic amines is 1. The van der Waals surface area contributed by atoms with Crippen molar-refractivity contribution in [3.05, 3.63) is 96.6 Å². The van der Waals surface area contributed by atoms with E-state index in [1.165, 1.54) is 43.9 Å². The number of nitrogens with one attached hydrogen (secondary N) is 1. The van der Waals surface area contributed by atoms with Crippen molar-refractivity contribution < 1.29 is 0 Å². The Labute approximate surface area is 206 Å². The number of imidazole rings is 1. The predicted octanol–water partition coefficient (Wildman–Crippen LogP) is 7.50. The van der Waals surface area contributed by atoms with Gasteiger partial charge in [-0.2, -0.15) is 0 Å². The topological polar surface area (TPSA) is 58.9 Å². The highest BCUT2D eigenvalue weighted by Crippen LogP contribution is 2.39. The summed E-state index contributed by atoms with van der Waals surface area (Å²) < 4.78 is 2.21. The molecule has 3 aromatic carbocycles. The van der Waals surface area contributed by atoms with Crippen molar-refractivity contribution in [2.75, 3.05) is 0 Å². The first kappa shape index (κ1) is 19.5. The van der Waals surface area contributed by atoms with Gasteiger partial charge in [-0.3, -0.25) is 14.4 Å². The monoisotopic (exact) mass is 463 g/mol. The molecule has 5 nitrogen and oxygen atoms in total. The van der Waals surface area contributed by atoms with Crippen molar-refractivity contribution in [2.24, 2.45) is 0 Å². The molecule has 8 aromatic rings. The van der Waals surface area contributed by atoms with Gasteiger partial charge >= 0.3 is 0 Å². The Hall–Kier alpha value is -4.77. The van der Waals surface area contributed by atoms with Crippen molar-refractivity contribution >= 4 is 60.2 Å². The Morgan fingerprint density at radius 1 is 0.639 bits per heavy atom. The zero-order valence-corrected chi connectivity index (χ0v) is 19.9. The van der Waals surface area contributed by atoms with E-state index in [0.717, 1.165) is 38.5 Å². The summed E-state index contributed by atoms with van der Waals surface area (Å²) in [6, 6.07) is 21.9. The second-order valence-electron chi connectivity index (χ2n) is 9.62. The van der Waals surface area contributed by atoms with Crippen molar-refractivity contribution in [1.82, 2.24) is 24.3 Å². The van der Waals surface area contributed by atoms with Crippen molar-refractivity contribution in [1.29, 1.82) is 0 Å². The maximum Gasteiger partial charge on any atom is 0.146 e. The first-order chi connectivity index (χ1) is 17.7. The van der Waals surface area contributed by atoms with Crippen molar-refractivity contribution in [3.63, 3.8) is 0 Å². The zero-order chi connectivity index (χ0) is 24.0. The molecule has 0 spiro atoms. The molecule has 5 heterocycles. The fourth-order valence-corrected chi connectivity index (χ4v) is 5.85. The first-order valence-corrected chi connectivity index (χ1v) is 12.1. The van der Waals surface area contributed by atoms with Crippen LogP contribution in [0.3, 0.4) is 0 Å². The first-order valence-electron chi connectivity index (χ1n) is 12.1. The lowest BCUT2D eigenvalue weighted by Gasteiger charge is -2.14. The third-order valence-corrected chi connectivity index (χ3v) is 7.53. The van der Waals surface area contributed by atoms with Gasteiger partial charge < -0.3 is 4.98 Å². The molecule has 0 fully saturated rings. The normalized spacial score (nSPS) is 12.2. The highest BCUT2D eigenvalue weighted by Gasteiger charge is 2.17. The number of fused-ring (bicyclic) bond motifs is 11. The lowest BCUT2D eigenvalue weighted by molar-refractivity contribution is 1.26. The number of hydrogen-bond donors (Lipinski definition) is 1. The second-order valence-corrected chi connectivity index (χ2v) is 9.62. The summed E-state index contributed by atoms with van der Waals surface area (Å²) in [5, 5.41) is 6.00. The van der Waals surface area contributed by atoms with Gasteiger partial charge in [-0.1, -0.05) is 18.2 Å². The van der Waals surface area contributed by atoms with E-state index < -0.39 is 0 Å². The van der Waals surface area contributed by atoms with Gasteiger partial charge in [0.15, 0.2) is 0 Å². The SMILES string of the molecule is Cc1cc2c(cc1-c1cc3c4ccncc4n4c5ccncc5nc4c3cc1C)[nH]c1ccccc12. The lowest BCUT2D eigenvalue weighted by atomic mass is 9.92. The number of hydrogen-bond acceptors (Lipinski definition) is 3. The second kappa shape index (κ2) is 6.89. The van der Waals surface area contributed by atoms with Gasteiger partial charge in [-0.05, 0) is 84.0 Å². The fraction of sp³-hybridized carbons (Fsp3) is 0.0645. The molecule has 0 amide bonds. The van der Waals surface area contributed by atoms with Crippen LogP contribution in [0, 0.1) is 13.8 Å². The van der Waals surface area contributed by atoms with Crippen LogP contribution in [0.5, 0.6) is 0 Å². The molecule has 0 radical (unpaired) electrons. The Balaban J connectivity index is 1.49. The molecule has 170 valence electrons. The minimum atomic E-state index is 0.886. The fourth-order valence-electron chi connectivity index (χ4n) is 5.85. The number of para-hydroxylation sites is 1. The number of aromatic nitrogens is 5. The third-order valence-electron chi connectivity index (χ3n) is 7.53. The van der Waals surface area contributed by atoms with Gasteiger partial charge in [0.25, 0.3) is 0 Å². The third kappa shape index (κ3) is 2.52. The molecular formula is C31H21N5. The largest absolute Gasteiger partial charge is 0.354 e. The molecule has 0 aliphatic carbocycles. The van der Waals surface area contributed by atoms with Gasteiger partial charge in [0.2, 0.25) is 0 Å². The molecule has 0 unspecified atom stereocenters. The molecular weight excluding hydrogens is 442 g/mol. The molecule has 0 aliphatic rings. The Morgan fingerprint density at radius 2 is 1.42 bits per heavy atom. The number of H-pyrrole nitrogens is 1. The lowest BCUT2D eigenvalue weighted by Crippen LogP contribution is -1.95. The van der Waals surface area contributed by atoms with E-state index >= 15 is 0 Å². The maximum absolute atomic E-state index is 4.99. The molecule has 0 aliphatic heterocycles. The minimum Gasteiger partial charge on any atom is -0.354 e. The van der Waals surface area contributed by atoms with Gasteiger partial charge in [0, 0.05) is 45.0 Å². The zero-order valence-electron chi connectivity index (χ0n) is 19.9. The molecule has 0 saturated heterocycles. The van der Waals surface area contributed by atoms with E-state index in [1.807, 2.05) is 30.9 Å². The van der Waals surface area contributed by atoms with Crippen molar-refractivity contribution in [2.45, 2.75) is 13.8 Å². The summed E-state index contributed by atoms with van der Waals surface area (Å²) >= 11 is 0. The van der Waals surface area contributed by atoms with Crippen LogP contribution in [0.15, 0.2) is 85.5 Å². The van der Waals surface area contributed by atoms with E-state index in [9.17, 15) is 0 Å². The van der Waals surface area contributed by atoms with Crippen LogP contribution in [0.2, 0.25) is 0 Å². The van der Waals surface area contributed by atoms with E-state index in [2.05, 4.69) is 87.8 Å². The van der Waals surface area contributed by atoms with Gasteiger partial charge in [0.05, 0.1) is 23.4 Å². The van der Waals surface area contributed by atoms with Crippen LogP contribution in [0.25, 0.3) is 71.3 Å². The van der Waals surface area contributed by atoms with Gasteiger partial charge in [-0.25, -0.2) is 4.98 Å². The smallest absolute Gasteiger partial charge is 0.146 e. The molecule has 0 saturated carbocycles. The molecule has 1 N–H and O–H groups in total. The van der Waals surface area contributed by atoms with E-state index in [1.54, 1.807) is 0 Å². The molecule has 36 heavy (non-hydrogen) atoms. The van der Waals surface area contributed by atoms with Crippen LogP contribution in [0.1, 0.15) is 11.1 Å². The summed E-state index contributed by atoms with van der Waals surface area (Å²) in [5.41, 5.74) is 11.2. The molecule has 0 bridgehead atoms. The number of pyridine rings is 3. The number of aryl methyl sites for hydroxylation is 2. The predicted molar refractivity (Wildman–Crippen MR) is 148 cm³/mol. The quantitative estimate of drug-likeness (QED) is 0.256. The van der Waals surface area contributed by atoms with Gasteiger partial charge in [-0.15, -0.1) is 0 Å². The Bertz CT molecular complexity index is 2180. The van der Waals surface area contributed by atoms with E-state index in [4.69, 9.17) is 4.98 Å². The summed E-state index contributed by atoms with van der Waals surface area (Å²) in [7, 11) is 0. The standard InChI is InChI=1S/C31H21N5/c1-17-11-24-19-5-3-4-6-26(19)34-27(24)14-22(17)21-13-23-20-7-9-33-16-30(20)36-29-8-10-32-15-28(29)35-31(36)25(23)12-18(21)2/h3-16,34H,1-2H3. The molecule has 8 rings (SSSR count). The van der Waals surface area contributed by atoms with Crippen LogP contribution < -0.4 is 0 Å². The highest BCUT2D eigenvalue weighted by atomic mass is 15.0. The Kier molecular flexibility index (Phi) is 3.74. The number of rotatable bonds is 1. The van der Waals surface area contributed by atoms with E-state index in [0.29, 0.717) is 0 Å². The maximum atomic E-state index is 4.99. The van der Waals surface area contributed by atoms with Gasteiger partial charge in [0.1, 0.15) is 11.2 Å². The number of benzene rings is 3. The van der Waals surface area contributed by atoms with E-state index in [-0.39, 0.29) is 0 Å². The molecule has 0 atom stereocenters.